The molecule has 0 bridgehead atoms. The summed E-state index contributed by atoms with van der Waals surface area (Å²) < 4.78 is 16.5. The molecule has 0 aliphatic carbocycles. The fraction of sp³-hybridized carbons (Fsp3) is 0.333. The van der Waals surface area contributed by atoms with E-state index in [1.54, 1.807) is 40.1 Å². The summed E-state index contributed by atoms with van der Waals surface area (Å²) in [4.78, 5) is 28.8. The topological polar surface area (TPSA) is 72.2 Å². The monoisotopic (exact) mass is 420 g/mol. The van der Waals surface area contributed by atoms with Crippen molar-refractivity contribution in [1.29, 1.82) is 0 Å². The van der Waals surface area contributed by atoms with Crippen LogP contribution >= 0.6 is 15.9 Å². The molecule has 4 rings (SSSR count). The van der Waals surface area contributed by atoms with E-state index in [1.807, 2.05) is 0 Å². The highest BCUT2D eigenvalue weighted by atomic mass is 79.9. The number of fused-ring (bicyclic) bond motifs is 1. The Morgan fingerprint density at radius 3 is 2.35 bits per heavy atom. The van der Waals surface area contributed by atoms with E-state index in [-0.39, 0.29) is 18.6 Å². The maximum Gasteiger partial charge on any atom is 0.289 e. The Hall–Kier alpha value is -2.48. The van der Waals surface area contributed by atoms with Crippen LogP contribution < -0.4 is 9.47 Å². The lowest BCUT2D eigenvalue weighted by molar-refractivity contribution is 0.0699. The van der Waals surface area contributed by atoms with Crippen molar-refractivity contribution in [1.82, 2.24) is 9.80 Å². The highest BCUT2D eigenvalue weighted by molar-refractivity contribution is 9.10. The normalized spacial score (nSPS) is 16.5. The fourth-order valence-corrected chi connectivity index (χ4v) is 3.43. The van der Waals surface area contributed by atoms with Crippen LogP contribution in [0.1, 0.15) is 27.3 Å². The van der Waals surface area contributed by atoms with Gasteiger partial charge in [-0.05, 0) is 52.7 Å². The summed E-state index contributed by atoms with van der Waals surface area (Å²) in [6, 6.07) is 8.54. The van der Waals surface area contributed by atoms with E-state index in [1.165, 1.54) is 0 Å². The van der Waals surface area contributed by atoms with Crippen LogP contribution in [-0.4, -0.2) is 54.6 Å². The quantitative estimate of drug-likeness (QED) is 0.746. The molecular formula is C18H17BrN2O5. The molecule has 1 saturated heterocycles. The predicted octanol–water partition coefficient (Wildman–Crippen LogP) is 2.76. The first-order chi connectivity index (χ1) is 12.6. The van der Waals surface area contributed by atoms with Crippen molar-refractivity contribution in [2.45, 2.75) is 6.42 Å². The molecule has 0 unspecified atom stereocenters. The van der Waals surface area contributed by atoms with Gasteiger partial charge in [-0.1, -0.05) is 0 Å². The molecule has 1 aromatic heterocycles. The number of amides is 2. The molecule has 0 radical (unpaired) electrons. The van der Waals surface area contributed by atoms with Gasteiger partial charge in [-0.2, -0.15) is 0 Å². The van der Waals surface area contributed by atoms with E-state index in [2.05, 4.69) is 15.9 Å². The van der Waals surface area contributed by atoms with Gasteiger partial charge >= 0.3 is 0 Å². The van der Waals surface area contributed by atoms with Crippen LogP contribution in [0.4, 0.5) is 0 Å². The third-order valence-electron chi connectivity index (χ3n) is 4.47. The molecule has 0 spiro atoms. The number of rotatable bonds is 2. The maximum absolute atomic E-state index is 12.8. The van der Waals surface area contributed by atoms with Crippen molar-refractivity contribution >= 4 is 27.7 Å². The van der Waals surface area contributed by atoms with Crippen LogP contribution in [-0.2, 0) is 0 Å². The molecule has 8 heteroatoms. The van der Waals surface area contributed by atoms with Gasteiger partial charge in [0, 0.05) is 31.7 Å². The number of carbonyl (C=O) groups is 2. The molecule has 136 valence electrons. The van der Waals surface area contributed by atoms with E-state index in [0.29, 0.717) is 60.1 Å². The summed E-state index contributed by atoms with van der Waals surface area (Å²) in [6.45, 7) is 2.30. The standard InChI is InChI=1S/C18H17BrN2O5/c19-16-5-4-14(26-16)18(23)21-7-1-6-20(8-9-21)17(22)12-2-3-13-15(10-12)25-11-24-13/h2-5,10H,1,6-9,11H2. The number of hydrogen-bond donors (Lipinski definition) is 0. The van der Waals surface area contributed by atoms with Gasteiger partial charge < -0.3 is 23.7 Å². The Labute approximate surface area is 158 Å². The maximum atomic E-state index is 12.8. The number of furan rings is 1. The molecule has 2 aliphatic heterocycles. The van der Waals surface area contributed by atoms with E-state index >= 15 is 0 Å². The van der Waals surface area contributed by atoms with Crippen LogP contribution in [0.15, 0.2) is 39.4 Å². The minimum atomic E-state index is -0.159. The lowest BCUT2D eigenvalue weighted by atomic mass is 10.1. The number of halogens is 1. The van der Waals surface area contributed by atoms with Gasteiger partial charge in [0.05, 0.1) is 0 Å². The van der Waals surface area contributed by atoms with Crippen molar-refractivity contribution in [2.24, 2.45) is 0 Å². The first-order valence-corrected chi connectivity index (χ1v) is 9.14. The van der Waals surface area contributed by atoms with Gasteiger partial charge in [-0.15, -0.1) is 0 Å². The van der Waals surface area contributed by atoms with Gasteiger partial charge in [0.25, 0.3) is 11.8 Å². The van der Waals surface area contributed by atoms with Crippen LogP contribution in [0.5, 0.6) is 11.5 Å². The summed E-state index contributed by atoms with van der Waals surface area (Å²) in [7, 11) is 0. The Bertz CT molecular complexity index is 850. The minimum Gasteiger partial charge on any atom is -0.454 e. The van der Waals surface area contributed by atoms with Gasteiger partial charge in [0.2, 0.25) is 6.79 Å². The first kappa shape index (κ1) is 17.0. The number of benzene rings is 1. The average molecular weight is 421 g/mol. The van der Waals surface area contributed by atoms with Gasteiger partial charge in [0.15, 0.2) is 21.9 Å². The van der Waals surface area contributed by atoms with Crippen LogP contribution in [0.3, 0.4) is 0 Å². The van der Waals surface area contributed by atoms with Gasteiger partial charge in [-0.25, -0.2) is 0 Å². The molecule has 7 nitrogen and oxygen atoms in total. The summed E-state index contributed by atoms with van der Waals surface area (Å²) >= 11 is 3.21. The molecule has 0 saturated carbocycles. The Balaban J connectivity index is 1.43. The highest BCUT2D eigenvalue weighted by Crippen LogP contribution is 2.32. The summed E-state index contributed by atoms with van der Waals surface area (Å²) in [5.74, 6) is 1.31. The molecule has 0 atom stereocenters. The summed E-state index contributed by atoms with van der Waals surface area (Å²) in [6.07, 6.45) is 0.712. The van der Waals surface area contributed by atoms with Crippen LogP contribution in [0.25, 0.3) is 0 Å². The molecular weight excluding hydrogens is 404 g/mol. The third kappa shape index (κ3) is 3.29. The van der Waals surface area contributed by atoms with E-state index < -0.39 is 0 Å². The smallest absolute Gasteiger partial charge is 0.289 e. The zero-order valence-corrected chi connectivity index (χ0v) is 15.5. The largest absolute Gasteiger partial charge is 0.454 e. The molecule has 1 fully saturated rings. The summed E-state index contributed by atoms with van der Waals surface area (Å²) in [5, 5.41) is 0. The van der Waals surface area contributed by atoms with Crippen molar-refractivity contribution < 1.29 is 23.5 Å². The molecule has 2 aliphatic rings. The molecule has 2 aromatic rings. The molecule has 3 heterocycles. The average Bonchev–Trinajstić information content (AvgIpc) is 3.22. The predicted molar refractivity (Wildman–Crippen MR) is 95.4 cm³/mol. The SMILES string of the molecule is O=C(c1ccc2c(c1)OCO2)N1CCCN(C(=O)c2ccc(Br)o2)CC1. The number of hydrogen-bond acceptors (Lipinski definition) is 5. The first-order valence-electron chi connectivity index (χ1n) is 8.35. The Morgan fingerprint density at radius 1 is 0.885 bits per heavy atom. The molecule has 0 N–H and O–H groups in total. The van der Waals surface area contributed by atoms with E-state index in [4.69, 9.17) is 13.9 Å². The number of carbonyl (C=O) groups excluding carboxylic acids is 2. The van der Waals surface area contributed by atoms with Gasteiger partial charge in [0.1, 0.15) is 0 Å². The van der Waals surface area contributed by atoms with Crippen LogP contribution in [0, 0.1) is 0 Å². The lowest BCUT2D eigenvalue weighted by Gasteiger charge is -2.21. The number of nitrogens with zero attached hydrogens (tertiary/aromatic N) is 2. The molecule has 2 amide bonds. The second kappa shape index (κ2) is 7.03. The van der Waals surface area contributed by atoms with Crippen molar-refractivity contribution in [3.8, 4) is 11.5 Å². The molecule has 1 aromatic carbocycles. The zero-order chi connectivity index (χ0) is 18.1. The Kier molecular flexibility index (Phi) is 4.58. The highest BCUT2D eigenvalue weighted by Gasteiger charge is 2.26. The van der Waals surface area contributed by atoms with Crippen molar-refractivity contribution in [3.05, 3.63) is 46.3 Å². The van der Waals surface area contributed by atoms with E-state index in [9.17, 15) is 9.59 Å². The minimum absolute atomic E-state index is 0.0710. The van der Waals surface area contributed by atoms with Gasteiger partial charge in [-0.3, -0.25) is 9.59 Å². The zero-order valence-electron chi connectivity index (χ0n) is 13.9. The lowest BCUT2D eigenvalue weighted by Crippen LogP contribution is -2.37. The van der Waals surface area contributed by atoms with Crippen molar-refractivity contribution in [2.75, 3.05) is 33.0 Å². The number of ether oxygens (including phenoxy) is 2. The fourth-order valence-electron chi connectivity index (χ4n) is 3.12. The second-order valence-corrected chi connectivity index (χ2v) is 6.89. The van der Waals surface area contributed by atoms with Crippen LogP contribution in [0.2, 0.25) is 0 Å². The second-order valence-electron chi connectivity index (χ2n) is 6.11. The third-order valence-corrected chi connectivity index (χ3v) is 4.90. The van der Waals surface area contributed by atoms with E-state index in [0.717, 1.165) is 0 Å². The summed E-state index contributed by atoms with van der Waals surface area (Å²) in [5.41, 5.74) is 0.559. The van der Waals surface area contributed by atoms with Crippen molar-refractivity contribution in [3.63, 3.8) is 0 Å². The molecule has 26 heavy (non-hydrogen) atoms. The Morgan fingerprint density at radius 2 is 1.62 bits per heavy atom.